The van der Waals surface area contributed by atoms with Crippen molar-refractivity contribution >= 4 is 28.5 Å². The van der Waals surface area contributed by atoms with E-state index >= 15 is 0 Å². The molecule has 1 aromatic heterocycles. The summed E-state index contributed by atoms with van der Waals surface area (Å²) in [4.78, 5) is 9.42. The standard InChI is InChI=1S/C22H32N6OS/c1-4-27(10-11-29-3)18-7-8-19-20(13-18)24-26-25-22(19)28-9-5-6-17(14-28)12-21-23-16(2)15-30-21/h7-8,13,15,17,24,26H,4-6,9-12,14H2,1-3H3. The summed E-state index contributed by atoms with van der Waals surface area (Å²) in [5.41, 5.74) is 10.8. The molecule has 1 aromatic carbocycles. The van der Waals surface area contributed by atoms with E-state index in [1.165, 1.54) is 23.5 Å². The van der Waals surface area contributed by atoms with E-state index in [-0.39, 0.29) is 0 Å². The number of methoxy groups -OCH3 is 1. The molecule has 2 aliphatic heterocycles. The number of anilines is 2. The van der Waals surface area contributed by atoms with Crippen molar-refractivity contribution in [2.24, 2.45) is 11.0 Å². The highest BCUT2D eigenvalue weighted by atomic mass is 32.1. The number of hydrogen-bond donors (Lipinski definition) is 2. The first-order chi connectivity index (χ1) is 14.7. The molecule has 1 unspecified atom stereocenters. The number of likely N-dealkylation sites (tertiary alicyclic amines) is 1. The summed E-state index contributed by atoms with van der Waals surface area (Å²) in [7, 11) is 1.75. The zero-order valence-corrected chi connectivity index (χ0v) is 19.0. The van der Waals surface area contributed by atoms with Crippen molar-refractivity contribution in [3.8, 4) is 0 Å². The minimum atomic E-state index is 0.620. The third-order valence-electron chi connectivity index (χ3n) is 5.86. The molecule has 0 amide bonds. The van der Waals surface area contributed by atoms with E-state index in [0.29, 0.717) is 5.92 Å². The van der Waals surface area contributed by atoms with Crippen molar-refractivity contribution in [2.45, 2.75) is 33.1 Å². The smallest absolute Gasteiger partial charge is 0.159 e. The van der Waals surface area contributed by atoms with Crippen LogP contribution in [0.25, 0.3) is 0 Å². The second-order valence-corrected chi connectivity index (χ2v) is 8.96. The van der Waals surface area contributed by atoms with E-state index in [0.717, 1.165) is 62.0 Å². The van der Waals surface area contributed by atoms with Gasteiger partial charge in [0.05, 0.1) is 17.3 Å². The van der Waals surface area contributed by atoms with Gasteiger partial charge in [0.2, 0.25) is 0 Å². The van der Waals surface area contributed by atoms with Crippen molar-refractivity contribution in [3.05, 3.63) is 39.8 Å². The lowest BCUT2D eigenvalue weighted by atomic mass is 9.94. The average molecular weight is 429 g/mol. The number of nitrogens with one attached hydrogen (secondary N) is 2. The molecule has 0 bridgehead atoms. The topological polar surface area (TPSA) is 65.0 Å². The van der Waals surface area contributed by atoms with Crippen molar-refractivity contribution in [2.75, 3.05) is 50.2 Å². The van der Waals surface area contributed by atoms with Crippen LogP contribution >= 0.6 is 11.3 Å². The summed E-state index contributed by atoms with van der Waals surface area (Å²) >= 11 is 1.78. The number of hydrazine groups is 1. The summed E-state index contributed by atoms with van der Waals surface area (Å²) in [6.45, 7) is 8.86. The van der Waals surface area contributed by atoms with Crippen molar-refractivity contribution in [1.29, 1.82) is 0 Å². The Morgan fingerprint density at radius 3 is 3.03 bits per heavy atom. The SMILES string of the molecule is CCN(CCOC)c1ccc2c(c1)NNN=C2N1CCCC(Cc2nc(C)cs2)C1. The molecule has 0 aliphatic carbocycles. The molecule has 1 fully saturated rings. The first-order valence-electron chi connectivity index (χ1n) is 10.8. The van der Waals surface area contributed by atoms with E-state index in [4.69, 9.17) is 4.74 Å². The molecule has 2 N–H and O–H groups in total. The minimum Gasteiger partial charge on any atom is -0.383 e. The van der Waals surface area contributed by atoms with Gasteiger partial charge in [-0.15, -0.1) is 16.4 Å². The normalized spacial score (nSPS) is 18.3. The van der Waals surface area contributed by atoms with Crippen LogP contribution in [-0.2, 0) is 11.2 Å². The highest BCUT2D eigenvalue weighted by Gasteiger charge is 2.27. The number of likely N-dealkylation sites (N-methyl/N-ethyl adjacent to an activating group) is 1. The molecule has 162 valence electrons. The van der Waals surface area contributed by atoms with Crippen molar-refractivity contribution < 1.29 is 4.74 Å². The number of thiazole rings is 1. The number of rotatable bonds is 7. The lowest BCUT2D eigenvalue weighted by molar-refractivity contribution is 0.205. The van der Waals surface area contributed by atoms with Gasteiger partial charge < -0.3 is 14.5 Å². The maximum Gasteiger partial charge on any atom is 0.159 e. The van der Waals surface area contributed by atoms with Crippen LogP contribution in [-0.4, -0.2) is 55.6 Å². The second kappa shape index (κ2) is 9.66. The zero-order valence-electron chi connectivity index (χ0n) is 18.1. The Morgan fingerprint density at radius 1 is 1.37 bits per heavy atom. The number of aryl methyl sites for hydroxylation is 1. The van der Waals surface area contributed by atoms with Crippen LogP contribution in [0.3, 0.4) is 0 Å². The maximum atomic E-state index is 5.26. The van der Waals surface area contributed by atoms with Gasteiger partial charge in [0.25, 0.3) is 0 Å². The van der Waals surface area contributed by atoms with Crippen LogP contribution in [0.2, 0.25) is 0 Å². The fourth-order valence-electron chi connectivity index (χ4n) is 4.31. The molecule has 7 nitrogen and oxygen atoms in total. The van der Waals surface area contributed by atoms with Gasteiger partial charge in [0, 0.05) is 62.0 Å². The number of ether oxygens (including phenoxy) is 1. The Hall–Kier alpha value is -2.32. The quantitative estimate of drug-likeness (QED) is 0.704. The van der Waals surface area contributed by atoms with Gasteiger partial charge in [-0.1, -0.05) is 0 Å². The first kappa shape index (κ1) is 20.9. The summed E-state index contributed by atoms with van der Waals surface area (Å²) in [6, 6.07) is 6.59. The molecule has 8 heteroatoms. The lowest BCUT2D eigenvalue weighted by Gasteiger charge is -2.36. The largest absolute Gasteiger partial charge is 0.383 e. The van der Waals surface area contributed by atoms with Crippen molar-refractivity contribution in [3.63, 3.8) is 0 Å². The molecule has 4 rings (SSSR count). The van der Waals surface area contributed by atoms with Crippen LogP contribution in [0, 0.1) is 12.8 Å². The molecule has 1 saturated heterocycles. The van der Waals surface area contributed by atoms with Crippen LogP contribution in [0.5, 0.6) is 0 Å². The number of aromatic nitrogens is 1. The molecule has 30 heavy (non-hydrogen) atoms. The van der Waals surface area contributed by atoms with Gasteiger partial charge in [-0.3, -0.25) is 5.43 Å². The molecule has 3 heterocycles. The molecule has 0 radical (unpaired) electrons. The summed E-state index contributed by atoms with van der Waals surface area (Å²) in [6.07, 6.45) is 3.51. The number of nitrogens with zero attached hydrogens (tertiary/aromatic N) is 4. The summed E-state index contributed by atoms with van der Waals surface area (Å²) in [5, 5.41) is 8.02. The highest BCUT2D eigenvalue weighted by molar-refractivity contribution is 7.09. The van der Waals surface area contributed by atoms with Crippen molar-refractivity contribution in [1.82, 2.24) is 15.4 Å². The second-order valence-electron chi connectivity index (χ2n) is 8.02. The molecule has 2 aromatic rings. The van der Waals surface area contributed by atoms with Gasteiger partial charge in [0.1, 0.15) is 0 Å². The van der Waals surface area contributed by atoms with E-state index in [1.54, 1.807) is 18.4 Å². The zero-order chi connectivity index (χ0) is 20.9. The molecule has 0 saturated carbocycles. The number of hydrazone groups is 1. The Bertz CT molecular complexity index is 882. The molecule has 1 atom stereocenters. The number of fused-ring (bicyclic) bond motifs is 1. The lowest BCUT2D eigenvalue weighted by Crippen LogP contribution is -2.44. The van der Waals surface area contributed by atoms with Gasteiger partial charge in [-0.25, -0.2) is 10.5 Å². The predicted molar refractivity (Wildman–Crippen MR) is 124 cm³/mol. The first-order valence-corrected chi connectivity index (χ1v) is 11.7. The van der Waals surface area contributed by atoms with E-state index < -0.39 is 0 Å². The average Bonchev–Trinajstić information content (AvgIpc) is 3.18. The number of hydrogen-bond acceptors (Lipinski definition) is 8. The Kier molecular flexibility index (Phi) is 6.74. The Labute approximate surface area is 183 Å². The number of amidine groups is 1. The van der Waals surface area contributed by atoms with Crippen LogP contribution < -0.4 is 15.9 Å². The van der Waals surface area contributed by atoms with Gasteiger partial charge in [0.15, 0.2) is 5.84 Å². The highest BCUT2D eigenvalue weighted by Crippen LogP contribution is 2.29. The third-order valence-corrected chi connectivity index (χ3v) is 6.85. The van der Waals surface area contributed by atoms with Gasteiger partial charge in [-0.2, -0.15) is 0 Å². The summed E-state index contributed by atoms with van der Waals surface area (Å²) in [5.74, 6) is 1.66. The number of piperidine rings is 1. The molecule has 0 spiro atoms. The molecular weight excluding hydrogens is 396 g/mol. The van der Waals surface area contributed by atoms with Gasteiger partial charge >= 0.3 is 0 Å². The Morgan fingerprint density at radius 2 is 2.27 bits per heavy atom. The van der Waals surface area contributed by atoms with E-state index in [1.807, 2.05) is 0 Å². The summed E-state index contributed by atoms with van der Waals surface area (Å²) < 4.78 is 5.26. The monoisotopic (exact) mass is 428 g/mol. The van der Waals surface area contributed by atoms with Crippen LogP contribution in [0.4, 0.5) is 11.4 Å². The van der Waals surface area contributed by atoms with E-state index in [2.05, 4.69) is 68.3 Å². The predicted octanol–water partition coefficient (Wildman–Crippen LogP) is 3.47. The van der Waals surface area contributed by atoms with Crippen LogP contribution in [0.15, 0.2) is 28.7 Å². The van der Waals surface area contributed by atoms with Gasteiger partial charge in [-0.05, 0) is 50.8 Å². The number of benzene rings is 1. The third kappa shape index (κ3) is 4.70. The maximum absolute atomic E-state index is 5.26. The minimum absolute atomic E-state index is 0.620. The van der Waals surface area contributed by atoms with E-state index in [9.17, 15) is 0 Å². The Balaban J connectivity index is 1.48. The molecule has 2 aliphatic rings. The van der Waals surface area contributed by atoms with Crippen LogP contribution in [0.1, 0.15) is 36.0 Å². The fraction of sp³-hybridized carbons (Fsp3) is 0.545. The molecular formula is C22H32N6OS. The fourth-order valence-corrected chi connectivity index (χ4v) is 5.20.